The predicted molar refractivity (Wildman–Crippen MR) is 179 cm³/mol. The van der Waals surface area contributed by atoms with Gasteiger partial charge in [0.25, 0.3) is 0 Å². The van der Waals surface area contributed by atoms with Gasteiger partial charge in [-0.05, 0) is 51.8 Å². The number of alkyl halides is 3. The molecule has 4 heterocycles. The molecule has 1 fully saturated rings. The number of piperazine rings is 1. The summed E-state index contributed by atoms with van der Waals surface area (Å²) >= 11 is 0. The van der Waals surface area contributed by atoms with Gasteiger partial charge in [0.15, 0.2) is 17.2 Å². The zero-order chi connectivity index (χ0) is 38.5. The third-order valence-corrected chi connectivity index (χ3v) is 8.92. The molecular weight excluding hydrogens is 719 g/mol. The molecule has 1 atom stereocenters. The van der Waals surface area contributed by atoms with Crippen molar-refractivity contribution in [1.82, 2.24) is 24.4 Å². The van der Waals surface area contributed by atoms with Crippen LogP contribution in [0.1, 0.15) is 53.2 Å². The molecular formula is C33H35F5N6O7S. The van der Waals surface area contributed by atoms with Gasteiger partial charge in [0.2, 0.25) is 0 Å². The minimum absolute atomic E-state index is 0.0477. The quantitative estimate of drug-likeness (QED) is 0.126. The standard InChI is InChI=1S/C33H35F5N6O7S/c1-17(2)25-27(23(49-7)11-12-39-25)44-29-19(28(41-30(44)45)43-14-13-42(16-18(43)3)31(46)50-32(4,5)6)15-21(35)26(40-29)24-20(34)9-8-10-22(24)51-52(47,48)33(36,37)38/h8-12,15,17-18H,13-14,16H2,1-7H3/t18-/m0/s1. The Morgan fingerprint density at radius 2 is 1.71 bits per heavy atom. The summed E-state index contributed by atoms with van der Waals surface area (Å²) in [6, 6.07) is 4.09. The van der Waals surface area contributed by atoms with Gasteiger partial charge in [-0.3, -0.25) is 4.98 Å². The van der Waals surface area contributed by atoms with E-state index in [9.17, 15) is 31.2 Å². The lowest BCUT2D eigenvalue weighted by atomic mass is 10.1. The molecule has 52 heavy (non-hydrogen) atoms. The molecule has 1 aromatic carbocycles. The Kier molecular flexibility index (Phi) is 10.1. The predicted octanol–water partition coefficient (Wildman–Crippen LogP) is 5.93. The summed E-state index contributed by atoms with van der Waals surface area (Å²) in [5.41, 5.74) is -9.65. The maximum Gasteiger partial charge on any atom is 0.534 e. The van der Waals surface area contributed by atoms with Crippen molar-refractivity contribution in [3.63, 3.8) is 0 Å². The number of methoxy groups -OCH3 is 1. The Bertz CT molecular complexity index is 2210. The normalized spacial score (nSPS) is 15.7. The lowest BCUT2D eigenvalue weighted by molar-refractivity contribution is -0.0500. The fraction of sp³-hybridized carbons (Fsp3) is 0.424. The van der Waals surface area contributed by atoms with E-state index in [1.165, 1.54) is 24.3 Å². The van der Waals surface area contributed by atoms with Crippen molar-refractivity contribution < 1.29 is 48.8 Å². The Morgan fingerprint density at radius 1 is 1.02 bits per heavy atom. The van der Waals surface area contributed by atoms with Crippen LogP contribution in [0.2, 0.25) is 0 Å². The summed E-state index contributed by atoms with van der Waals surface area (Å²) in [6.07, 6.45) is 0.867. The van der Waals surface area contributed by atoms with Crippen LogP contribution in [0.4, 0.5) is 32.6 Å². The van der Waals surface area contributed by atoms with Crippen molar-refractivity contribution in [2.75, 3.05) is 31.6 Å². The van der Waals surface area contributed by atoms with Gasteiger partial charge < -0.3 is 23.5 Å². The number of nitrogens with zero attached hydrogens (tertiary/aromatic N) is 6. The van der Waals surface area contributed by atoms with Crippen LogP contribution < -0.4 is 19.5 Å². The van der Waals surface area contributed by atoms with E-state index in [2.05, 4.69) is 19.1 Å². The van der Waals surface area contributed by atoms with Crippen LogP contribution in [-0.4, -0.2) is 82.8 Å². The smallest absolute Gasteiger partial charge is 0.494 e. The first-order valence-electron chi connectivity index (χ1n) is 15.9. The molecule has 1 aliphatic heterocycles. The van der Waals surface area contributed by atoms with Gasteiger partial charge in [0.05, 0.1) is 23.8 Å². The van der Waals surface area contributed by atoms with Gasteiger partial charge in [-0.15, -0.1) is 0 Å². The second-order valence-corrected chi connectivity index (χ2v) is 14.7. The minimum Gasteiger partial charge on any atom is -0.494 e. The number of amides is 1. The maximum absolute atomic E-state index is 16.3. The summed E-state index contributed by atoms with van der Waals surface area (Å²) in [6.45, 7) is 10.8. The van der Waals surface area contributed by atoms with Crippen molar-refractivity contribution in [3.8, 4) is 28.4 Å². The lowest BCUT2D eigenvalue weighted by Crippen LogP contribution is -2.55. The number of ether oxygens (including phenoxy) is 2. The molecule has 280 valence electrons. The zero-order valence-electron chi connectivity index (χ0n) is 29.1. The van der Waals surface area contributed by atoms with Gasteiger partial charge >= 0.3 is 27.4 Å². The zero-order valence-corrected chi connectivity index (χ0v) is 29.9. The van der Waals surface area contributed by atoms with Crippen LogP contribution in [0, 0.1) is 11.6 Å². The highest BCUT2D eigenvalue weighted by Gasteiger charge is 2.49. The van der Waals surface area contributed by atoms with E-state index in [0.29, 0.717) is 11.8 Å². The number of carbonyl (C=O) groups excluding carboxylic acids is 1. The number of hydrogen-bond donors (Lipinski definition) is 0. The molecule has 0 spiro atoms. The van der Waals surface area contributed by atoms with E-state index >= 15 is 8.78 Å². The Balaban J connectivity index is 1.79. The molecule has 5 rings (SSSR count). The maximum atomic E-state index is 16.3. The van der Waals surface area contributed by atoms with Gasteiger partial charge in [-0.2, -0.15) is 26.6 Å². The summed E-state index contributed by atoms with van der Waals surface area (Å²) in [5, 5.41) is -0.0965. The highest BCUT2D eigenvalue weighted by Crippen LogP contribution is 2.40. The molecule has 0 aliphatic carbocycles. The monoisotopic (exact) mass is 754 g/mol. The van der Waals surface area contributed by atoms with E-state index in [0.717, 1.165) is 22.8 Å². The first-order chi connectivity index (χ1) is 24.1. The van der Waals surface area contributed by atoms with Gasteiger partial charge in [-0.1, -0.05) is 19.9 Å². The number of hydrogen-bond acceptors (Lipinski definition) is 11. The number of halogens is 5. The van der Waals surface area contributed by atoms with Crippen LogP contribution in [0.25, 0.3) is 28.0 Å². The van der Waals surface area contributed by atoms with Gasteiger partial charge in [0.1, 0.15) is 34.4 Å². The third-order valence-electron chi connectivity index (χ3n) is 7.95. The van der Waals surface area contributed by atoms with Gasteiger partial charge in [0, 0.05) is 37.9 Å². The molecule has 1 aliphatic rings. The van der Waals surface area contributed by atoms with Crippen molar-refractivity contribution >= 4 is 33.1 Å². The third kappa shape index (κ3) is 7.31. The van der Waals surface area contributed by atoms with Crippen molar-refractivity contribution in [1.29, 1.82) is 0 Å². The van der Waals surface area contributed by atoms with Crippen LogP contribution in [0.5, 0.6) is 11.5 Å². The molecule has 13 nitrogen and oxygen atoms in total. The molecule has 1 saturated heterocycles. The average Bonchev–Trinajstić information content (AvgIpc) is 3.03. The molecule has 0 saturated carbocycles. The van der Waals surface area contributed by atoms with Crippen LogP contribution in [0.3, 0.4) is 0 Å². The highest BCUT2D eigenvalue weighted by molar-refractivity contribution is 7.88. The first-order valence-corrected chi connectivity index (χ1v) is 17.3. The van der Waals surface area contributed by atoms with E-state index in [1.54, 1.807) is 46.4 Å². The topological polar surface area (TPSA) is 146 Å². The first kappa shape index (κ1) is 38.2. The second-order valence-electron chi connectivity index (χ2n) is 13.2. The Hall–Kier alpha value is -5.07. The summed E-state index contributed by atoms with van der Waals surface area (Å²) in [5.74, 6) is -4.19. The molecule has 4 aromatic rings. The Labute approximate surface area is 295 Å². The molecule has 0 unspecified atom stereocenters. The largest absolute Gasteiger partial charge is 0.534 e. The van der Waals surface area contributed by atoms with Crippen molar-refractivity contribution in [2.45, 2.75) is 64.6 Å². The molecule has 1 amide bonds. The van der Waals surface area contributed by atoms with Crippen molar-refractivity contribution in [2.24, 2.45) is 0 Å². The molecule has 3 aromatic heterocycles. The number of rotatable bonds is 7. The van der Waals surface area contributed by atoms with Crippen LogP contribution in [-0.2, 0) is 14.9 Å². The van der Waals surface area contributed by atoms with E-state index in [1.807, 2.05) is 0 Å². The average molecular weight is 755 g/mol. The number of anilines is 1. The fourth-order valence-corrected chi connectivity index (χ4v) is 6.17. The van der Waals surface area contributed by atoms with E-state index < -0.39 is 67.7 Å². The highest BCUT2D eigenvalue weighted by atomic mass is 32.2. The number of fused-ring (bicyclic) bond motifs is 1. The van der Waals surface area contributed by atoms with E-state index in [-0.39, 0.29) is 53.8 Å². The summed E-state index contributed by atoms with van der Waals surface area (Å²) < 4.78 is 112. The van der Waals surface area contributed by atoms with Crippen molar-refractivity contribution in [3.05, 3.63) is 64.3 Å². The Morgan fingerprint density at radius 3 is 2.31 bits per heavy atom. The summed E-state index contributed by atoms with van der Waals surface area (Å²) in [7, 11) is -5.01. The van der Waals surface area contributed by atoms with Crippen LogP contribution in [0.15, 0.2) is 41.3 Å². The summed E-state index contributed by atoms with van der Waals surface area (Å²) in [4.78, 5) is 43.1. The number of aromatic nitrogens is 4. The molecule has 19 heteroatoms. The SMILES string of the molecule is COc1ccnc(C(C)C)c1-n1c(=O)nc(N2CCN(C(=O)OC(C)(C)C)C[C@@H]2C)c2cc(F)c(-c3c(F)cccc3OS(=O)(=O)C(F)(F)F)nc21. The van der Waals surface area contributed by atoms with E-state index in [4.69, 9.17) is 9.47 Å². The number of pyridine rings is 2. The lowest BCUT2D eigenvalue weighted by Gasteiger charge is -2.41. The van der Waals surface area contributed by atoms with Crippen LogP contribution >= 0.6 is 0 Å². The molecule has 0 radical (unpaired) electrons. The molecule has 0 bridgehead atoms. The van der Waals surface area contributed by atoms with Gasteiger partial charge in [-0.25, -0.2) is 27.9 Å². The fourth-order valence-electron chi connectivity index (χ4n) is 5.70. The number of carbonyl (C=O) groups is 1. The number of benzene rings is 1. The second kappa shape index (κ2) is 13.8. The minimum atomic E-state index is -6.33. The molecule has 0 N–H and O–H groups in total.